The summed E-state index contributed by atoms with van der Waals surface area (Å²) in [6, 6.07) is 7.78. The standard InChI is InChI=1S/C11H10ClN3OS/c1-17-8-4-2-3-7(5-8)15-10-9(12)11(16)14-6-13-10/h2-6H,1H3,(H2,13,14,15,16). The fourth-order valence-corrected chi connectivity index (χ4v) is 1.92. The monoisotopic (exact) mass is 267 g/mol. The summed E-state index contributed by atoms with van der Waals surface area (Å²) >= 11 is 7.48. The molecule has 88 valence electrons. The fraction of sp³-hybridized carbons (Fsp3) is 0.0909. The molecule has 0 aliphatic heterocycles. The molecule has 4 nitrogen and oxygen atoms in total. The molecule has 1 heterocycles. The number of anilines is 2. The maximum absolute atomic E-state index is 11.3. The highest BCUT2D eigenvalue weighted by molar-refractivity contribution is 7.98. The summed E-state index contributed by atoms with van der Waals surface area (Å²) in [5.41, 5.74) is 0.488. The molecule has 0 aliphatic carbocycles. The first-order valence-corrected chi connectivity index (χ1v) is 6.45. The van der Waals surface area contributed by atoms with Gasteiger partial charge in [0.25, 0.3) is 5.56 Å². The van der Waals surface area contributed by atoms with Crippen LogP contribution in [-0.2, 0) is 0 Å². The summed E-state index contributed by atoms with van der Waals surface area (Å²) < 4.78 is 0. The lowest BCUT2D eigenvalue weighted by Gasteiger charge is -2.07. The number of hydrogen-bond acceptors (Lipinski definition) is 4. The van der Waals surface area contributed by atoms with Gasteiger partial charge in [-0.3, -0.25) is 4.79 Å². The molecule has 0 saturated heterocycles. The van der Waals surface area contributed by atoms with E-state index >= 15 is 0 Å². The molecule has 17 heavy (non-hydrogen) atoms. The van der Waals surface area contributed by atoms with Gasteiger partial charge in [0.1, 0.15) is 5.02 Å². The van der Waals surface area contributed by atoms with Gasteiger partial charge < -0.3 is 10.3 Å². The molecule has 0 fully saturated rings. The Kier molecular flexibility index (Phi) is 3.71. The van der Waals surface area contributed by atoms with Gasteiger partial charge in [-0.25, -0.2) is 4.98 Å². The second-order valence-electron chi connectivity index (χ2n) is 3.25. The van der Waals surface area contributed by atoms with Crippen LogP contribution < -0.4 is 10.9 Å². The molecule has 0 saturated carbocycles. The number of aromatic amines is 1. The summed E-state index contributed by atoms with van der Waals surface area (Å²) in [6.07, 6.45) is 3.31. The van der Waals surface area contributed by atoms with Gasteiger partial charge in [0.05, 0.1) is 6.33 Å². The van der Waals surface area contributed by atoms with Crippen LogP contribution in [0.15, 0.2) is 40.3 Å². The Bertz CT molecular complexity index is 585. The van der Waals surface area contributed by atoms with E-state index in [0.717, 1.165) is 10.6 Å². The molecule has 1 aromatic heterocycles. The topological polar surface area (TPSA) is 57.8 Å². The van der Waals surface area contributed by atoms with Gasteiger partial charge in [0.15, 0.2) is 5.82 Å². The van der Waals surface area contributed by atoms with E-state index in [0.29, 0.717) is 5.82 Å². The molecule has 6 heteroatoms. The molecule has 0 bridgehead atoms. The average Bonchev–Trinajstić information content (AvgIpc) is 2.35. The minimum atomic E-state index is -0.356. The summed E-state index contributed by atoms with van der Waals surface area (Å²) in [7, 11) is 0. The fourth-order valence-electron chi connectivity index (χ4n) is 1.31. The SMILES string of the molecule is CSc1cccc(Nc2nc[nH]c(=O)c2Cl)c1. The molecule has 0 aliphatic rings. The van der Waals surface area contributed by atoms with E-state index in [4.69, 9.17) is 11.6 Å². The minimum Gasteiger partial charge on any atom is -0.339 e. The largest absolute Gasteiger partial charge is 0.339 e. The van der Waals surface area contributed by atoms with Gasteiger partial charge in [0.2, 0.25) is 0 Å². The summed E-state index contributed by atoms with van der Waals surface area (Å²) in [4.78, 5) is 18.8. The van der Waals surface area contributed by atoms with Crippen LogP contribution in [0.4, 0.5) is 11.5 Å². The van der Waals surface area contributed by atoms with Crippen LogP contribution >= 0.6 is 23.4 Å². The number of H-pyrrole nitrogens is 1. The summed E-state index contributed by atoms with van der Waals surface area (Å²) in [5, 5.41) is 3.07. The molecule has 2 rings (SSSR count). The zero-order valence-electron chi connectivity index (χ0n) is 9.03. The zero-order valence-corrected chi connectivity index (χ0v) is 10.6. The third kappa shape index (κ3) is 2.81. The van der Waals surface area contributed by atoms with Gasteiger partial charge in [-0.15, -0.1) is 11.8 Å². The molecular formula is C11H10ClN3OS. The molecule has 0 unspecified atom stereocenters. The quantitative estimate of drug-likeness (QED) is 0.840. The lowest BCUT2D eigenvalue weighted by atomic mass is 10.3. The smallest absolute Gasteiger partial charge is 0.271 e. The van der Waals surface area contributed by atoms with Crippen LogP contribution in [0.25, 0.3) is 0 Å². The Morgan fingerprint density at radius 3 is 3.06 bits per heavy atom. The number of benzene rings is 1. The molecule has 0 amide bonds. The number of halogens is 1. The highest BCUT2D eigenvalue weighted by Gasteiger charge is 2.05. The maximum Gasteiger partial charge on any atom is 0.271 e. The van der Waals surface area contributed by atoms with Crippen molar-refractivity contribution in [2.24, 2.45) is 0 Å². The van der Waals surface area contributed by atoms with Gasteiger partial charge in [0, 0.05) is 10.6 Å². The van der Waals surface area contributed by atoms with E-state index in [2.05, 4.69) is 15.3 Å². The Labute approximate surface area is 107 Å². The van der Waals surface area contributed by atoms with E-state index < -0.39 is 0 Å². The van der Waals surface area contributed by atoms with Gasteiger partial charge in [-0.05, 0) is 24.5 Å². The normalized spacial score (nSPS) is 10.2. The third-order valence-corrected chi connectivity index (χ3v) is 3.21. The van der Waals surface area contributed by atoms with E-state index in [-0.39, 0.29) is 10.6 Å². The van der Waals surface area contributed by atoms with E-state index in [1.807, 2.05) is 30.5 Å². The Hall–Kier alpha value is -1.46. The second-order valence-corrected chi connectivity index (χ2v) is 4.51. The van der Waals surface area contributed by atoms with Gasteiger partial charge in [-0.1, -0.05) is 17.7 Å². The van der Waals surface area contributed by atoms with Crippen molar-refractivity contribution in [1.82, 2.24) is 9.97 Å². The molecule has 0 radical (unpaired) electrons. The lowest BCUT2D eigenvalue weighted by Crippen LogP contribution is -2.09. The predicted molar refractivity (Wildman–Crippen MR) is 71.4 cm³/mol. The molecular weight excluding hydrogens is 258 g/mol. The Morgan fingerprint density at radius 1 is 1.47 bits per heavy atom. The van der Waals surface area contributed by atoms with Crippen LogP contribution in [0, 0.1) is 0 Å². The first-order chi connectivity index (χ1) is 8.20. The lowest BCUT2D eigenvalue weighted by molar-refractivity contribution is 1.12. The predicted octanol–water partition coefficient (Wildman–Crippen LogP) is 2.89. The van der Waals surface area contributed by atoms with Crippen molar-refractivity contribution in [2.45, 2.75) is 4.90 Å². The molecule has 2 aromatic rings. The van der Waals surface area contributed by atoms with Crippen molar-refractivity contribution >= 4 is 34.9 Å². The highest BCUT2D eigenvalue weighted by atomic mass is 35.5. The summed E-state index contributed by atoms with van der Waals surface area (Å²) in [6.45, 7) is 0. The number of aromatic nitrogens is 2. The van der Waals surface area contributed by atoms with Crippen LogP contribution in [0.5, 0.6) is 0 Å². The Balaban J connectivity index is 2.31. The summed E-state index contributed by atoms with van der Waals surface area (Å²) in [5.74, 6) is 0.355. The average molecular weight is 268 g/mol. The first kappa shape index (κ1) is 12.0. The van der Waals surface area contributed by atoms with Crippen molar-refractivity contribution in [1.29, 1.82) is 0 Å². The van der Waals surface area contributed by atoms with Crippen LogP contribution in [0.3, 0.4) is 0 Å². The first-order valence-electron chi connectivity index (χ1n) is 4.85. The van der Waals surface area contributed by atoms with E-state index in [1.54, 1.807) is 11.8 Å². The molecule has 0 atom stereocenters. The number of nitrogens with one attached hydrogen (secondary N) is 2. The van der Waals surface area contributed by atoms with Crippen molar-refractivity contribution < 1.29 is 0 Å². The van der Waals surface area contributed by atoms with Crippen molar-refractivity contribution in [3.05, 3.63) is 46.0 Å². The molecule has 1 aromatic carbocycles. The van der Waals surface area contributed by atoms with Crippen molar-refractivity contribution in [2.75, 3.05) is 11.6 Å². The number of nitrogens with zero attached hydrogens (tertiary/aromatic N) is 1. The number of hydrogen-bond donors (Lipinski definition) is 2. The highest BCUT2D eigenvalue weighted by Crippen LogP contribution is 2.23. The van der Waals surface area contributed by atoms with E-state index in [9.17, 15) is 4.79 Å². The van der Waals surface area contributed by atoms with Gasteiger partial charge in [-0.2, -0.15) is 0 Å². The molecule has 2 N–H and O–H groups in total. The van der Waals surface area contributed by atoms with Crippen LogP contribution in [-0.4, -0.2) is 16.2 Å². The second kappa shape index (κ2) is 5.25. The third-order valence-electron chi connectivity index (χ3n) is 2.13. The zero-order chi connectivity index (χ0) is 12.3. The van der Waals surface area contributed by atoms with Crippen molar-refractivity contribution in [3.63, 3.8) is 0 Å². The molecule has 0 spiro atoms. The number of thioether (sulfide) groups is 1. The van der Waals surface area contributed by atoms with Crippen molar-refractivity contribution in [3.8, 4) is 0 Å². The Morgan fingerprint density at radius 2 is 2.29 bits per heavy atom. The van der Waals surface area contributed by atoms with Crippen LogP contribution in [0.1, 0.15) is 0 Å². The van der Waals surface area contributed by atoms with E-state index in [1.165, 1.54) is 6.33 Å². The van der Waals surface area contributed by atoms with Gasteiger partial charge >= 0.3 is 0 Å². The number of rotatable bonds is 3. The maximum atomic E-state index is 11.3. The van der Waals surface area contributed by atoms with Crippen LogP contribution in [0.2, 0.25) is 5.02 Å². The minimum absolute atomic E-state index is 0.0575.